The van der Waals surface area contributed by atoms with E-state index in [1.165, 1.54) is 32.4 Å². The fourth-order valence-electron chi connectivity index (χ4n) is 3.18. The number of benzene rings is 2. The first-order valence-corrected chi connectivity index (χ1v) is 9.54. The van der Waals surface area contributed by atoms with Crippen LogP contribution < -0.4 is 13.8 Å². The molecule has 2 aromatic rings. The molecular weight excluding hydrogens is 377 g/mol. The number of hydrogen-bond donors (Lipinski definition) is 1. The molecule has 0 saturated carbocycles. The molecule has 0 fully saturated rings. The van der Waals surface area contributed by atoms with E-state index in [1.54, 1.807) is 6.07 Å². The first-order chi connectivity index (χ1) is 12.8. The summed E-state index contributed by atoms with van der Waals surface area (Å²) in [4.78, 5) is 11.2. The highest BCUT2D eigenvalue weighted by Crippen LogP contribution is 2.38. The largest absolute Gasteiger partial charge is 0.493 e. The number of anilines is 1. The molecule has 0 aromatic heterocycles. The Labute approximate surface area is 156 Å². The molecule has 0 radical (unpaired) electrons. The number of aromatic carboxylic acids is 1. The number of hydrogen-bond acceptors (Lipinski definition) is 5. The first-order valence-electron chi connectivity index (χ1n) is 8.10. The molecule has 0 saturated heterocycles. The molecular formula is C18H18FNO6S. The van der Waals surface area contributed by atoms with E-state index >= 15 is 0 Å². The number of ether oxygens (including phenoxy) is 2. The number of carboxylic acid groups (broad SMARTS) is 1. The minimum Gasteiger partial charge on any atom is -0.493 e. The van der Waals surface area contributed by atoms with Gasteiger partial charge in [0.25, 0.3) is 10.0 Å². The van der Waals surface area contributed by atoms with Crippen molar-refractivity contribution in [3.8, 4) is 11.5 Å². The predicted molar refractivity (Wildman–Crippen MR) is 95.8 cm³/mol. The van der Waals surface area contributed by atoms with Gasteiger partial charge in [-0.25, -0.2) is 17.6 Å². The quantitative estimate of drug-likeness (QED) is 0.837. The summed E-state index contributed by atoms with van der Waals surface area (Å²) in [5.74, 6) is -2.14. The van der Waals surface area contributed by atoms with Gasteiger partial charge in [-0.05, 0) is 30.5 Å². The van der Waals surface area contributed by atoms with Crippen LogP contribution in [0.2, 0.25) is 0 Å². The Bertz CT molecular complexity index is 1010. The zero-order chi connectivity index (χ0) is 19.8. The summed E-state index contributed by atoms with van der Waals surface area (Å²) in [5.41, 5.74) is 0.223. The molecule has 1 aliphatic heterocycles. The maximum Gasteiger partial charge on any atom is 0.339 e. The van der Waals surface area contributed by atoms with Gasteiger partial charge in [-0.2, -0.15) is 0 Å². The summed E-state index contributed by atoms with van der Waals surface area (Å²) in [5, 5.41) is 9.42. The third kappa shape index (κ3) is 3.18. The third-order valence-corrected chi connectivity index (χ3v) is 6.17. The van der Waals surface area contributed by atoms with E-state index in [2.05, 4.69) is 0 Å². The summed E-state index contributed by atoms with van der Waals surface area (Å²) in [7, 11) is -1.68. The molecule has 3 rings (SSSR count). The van der Waals surface area contributed by atoms with Crippen LogP contribution in [0.5, 0.6) is 11.5 Å². The molecule has 0 unspecified atom stereocenters. The molecule has 144 valence electrons. The number of carboxylic acids is 1. The number of fused-ring (bicyclic) bond motifs is 1. The minimum absolute atomic E-state index is 0.00425. The van der Waals surface area contributed by atoms with Crippen molar-refractivity contribution in [3.63, 3.8) is 0 Å². The van der Waals surface area contributed by atoms with Gasteiger partial charge >= 0.3 is 5.97 Å². The van der Waals surface area contributed by atoms with Gasteiger partial charge in [0.1, 0.15) is 11.4 Å². The molecule has 1 aliphatic rings. The van der Waals surface area contributed by atoms with E-state index in [9.17, 15) is 22.7 Å². The van der Waals surface area contributed by atoms with Crippen molar-refractivity contribution in [1.29, 1.82) is 0 Å². The highest BCUT2D eigenvalue weighted by Gasteiger charge is 2.33. The number of para-hydroxylation sites is 1. The highest BCUT2D eigenvalue weighted by molar-refractivity contribution is 7.92. The standard InChI is InChI=1S/C18H18FNO6S/c1-25-15-10-12(9-13(18(21)22)17(15)26-2)27(23,24)20-8-4-6-11-5-3-7-14(19)16(11)20/h3,5,7,9-10H,4,6,8H2,1-2H3,(H,21,22). The lowest BCUT2D eigenvalue weighted by atomic mass is 10.0. The van der Waals surface area contributed by atoms with Gasteiger partial charge in [0.2, 0.25) is 0 Å². The molecule has 2 aromatic carbocycles. The van der Waals surface area contributed by atoms with Gasteiger partial charge in [-0.3, -0.25) is 4.31 Å². The number of nitrogens with zero attached hydrogens (tertiary/aromatic N) is 1. The van der Waals surface area contributed by atoms with E-state index in [4.69, 9.17) is 9.47 Å². The lowest BCUT2D eigenvalue weighted by Crippen LogP contribution is -2.36. The predicted octanol–water partition coefficient (Wildman–Crippen LogP) is 2.68. The Morgan fingerprint density at radius 1 is 1.22 bits per heavy atom. The molecule has 0 spiro atoms. The van der Waals surface area contributed by atoms with Crippen LogP contribution in [0.15, 0.2) is 35.2 Å². The van der Waals surface area contributed by atoms with Crippen LogP contribution in [0.4, 0.5) is 10.1 Å². The monoisotopic (exact) mass is 395 g/mol. The van der Waals surface area contributed by atoms with Gasteiger partial charge in [0.05, 0.1) is 24.8 Å². The molecule has 1 N–H and O–H groups in total. The summed E-state index contributed by atoms with van der Waals surface area (Å²) < 4.78 is 51.9. The maximum atomic E-state index is 14.4. The Hall–Kier alpha value is -2.81. The van der Waals surface area contributed by atoms with E-state index in [-0.39, 0.29) is 34.2 Å². The maximum absolute atomic E-state index is 14.4. The van der Waals surface area contributed by atoms with E-state index in [1.807, 2.05) is 0 Å². The molecule has 27 heavy (non-hydrogen) atoms. The number of rotatable bonds is 5. The molecule has 1 heterocycles. The summed E-state index contributed by atoms with van der Waals surface area (Å²) in [6, 6.07) is 6.58. The number of sulfonamides is 1. The third-order valence-electron chi connectivity index (χ3n) is 4.40. The van der Waals surface area contributed by atoms with Crippen LogP contribution in [0.1, 0.15) is 22.3 Å². The lowest BCUT2D eigenvalue weighted by molar-refractivity contribution is 0.0692. The van der Waals surface area contributed by atoms with E-state index < -0.39 is 21.8 Å². The summed E-state index contributed by atoms with van der Waals surface area (Å²) in [6.45, 7) is 0.0903. The van der Waals surface area contributed by atoms with Crippen molar-refractivity contribution >= 4 is 21.7 Å². The Kier molecular flexibility index (Phi) is 4.97. The Morgan fingerprint density at radius 2 is 1.96 bits per heavy atom. The molecule has 0 bridgehead atoms. The SMILES string of the molecule is COc1cc(S(=O)(=O)N2CCCc3cccc(F)c32)cc(C(=O)O)c1OC. The van der Waals surface area contributed by atoms with Gasteiger partial charge in [-0.15, -0.1) is 0 Å². The van der Waals surface area contributed by atoms with Crippen molar-refractivity contribution in [1.82, 2.24) is 0 Å². The van der Waals surface area contributed by atoms with Crippen LogP contribution in [0.25, 0.3) is 0 Å². The molecule has 7 nitrogen and oxygen atoms in total. The van der Waals surface area contributed by atoms with Crippen LogP contribution in [0.3, 0.4) is 0 Å². The lowest BCUT2D eigenvalue weighted by Gasteiger charge is -2.31. The van der Waals surface area contributed by atoms with Crippen molar-refractivity contribution in [2.24, 2.45) is 0 Å². The second kappa shape index (κ2) is 7.07. The van der Waals surface area contributed by atoms with Gasteiger partial charge in [0.15, 0.2) is 11.5 Å². The number of methoxy groups -OCH3 is 2. The van der Waals surface area contributed by atoms with Crippen molar-refractivity contribution < 1.29 is 32.2 Å². The summed E-state index contributed by atoms with van der Waals surface area (Å²) >= 11 is 0. The minimum atomic E-state index is -4.22. The highest BCUT2D eigenvalue weighted by atomic mass is 32.2. The zero-order valence-electron chi connectivity index (χ0n) is 14.7. The van der Waals surface area contributed by atoms with Gasteiger partial charge in [0, 0.05) is 12.6 Å². The van der Waals surface area contributed by atoms with E-state index in [0.29, 0.717) is 18.4 Å². The average Bonchev–Trinajstić information content (AvgIpc) is 2.66. The zero-order valence-corrected chi connectivity index (χ0v) is 15.5. The van der Waals surface area contributed by atoms with E-state index in [0.717, 1.165) is 10.4 Å². The number of halogens is 1. The van der Waals surface area contributed by atoms with Crippen LogP contribution in [0, 0.1) is 5.82 Å². The first kappa shape index (κ1) is 19.0. The van der Waals surface area contributed by atoms with Crippen molar-refractivity contribution in [2.75, 3.05) is 25.1 Å². The van der Waals surface area contributed by atoms with Crippen molar-refractivity contribution in [3.05, 3.63) is 47.3 Å². The molecule has 9 heteroatoms. The van der Waals surface area contributed by atoms with Gasteiger partial charge in [-0.1, -0.05) is 12.1 Å². The second-order valence-electron chi connectivity index (χ2n) is 5.94. The molecule has 0 amide bonds. The Balaban J connectivity index is 2.20. The Morgan fingerprint density at radius 3 is 2.59 bits per heavy atom. The molecule has 0 aliphatic carbocycles. The van der Waals surface area contributed by atoms with Crippen LogP contribution >= 0.6 is 0 Å². The van der Waals surface area contributed by atoms with Crippen LogP contribution in [-0.2, 0) is 16.4 Å². The van der Waals surface area contributed by atoms with Crippen molar-refractivity contribution in [2.45, 2.75) is 17.7 Å². The van der Waals surface area contributed by atoms with Crippen LogP contribution in [-0.4, -0.2) is 40.3 Å². The second-order valence-corrected chi connectivity index (χ2v) is 7.80. The topological polar surface area (TPSA) is 93.1 Å². The summed E-state index contributed by atoms with van der Waals surface area (Å²) in [6.07, 6.45) is 1.08. The number of carbonyl (C=O) groups is 1. The number of aryl methyl sites for hydroxylation is 1. The fraction of sp³-hybridized carbons (Fsp3) is 0.278. The molecule has 0 atom stereocenters. The normalized spacial score (nSPS) is 13.8. The average molecular weight is 395 g/mol. The van der Waals surface area contributed by atoms with Gasteiger partial charge < -0.3 is 14.6 Å². The fourth-order valence-corrected chi connectivity index (χ4v) is 4.77. The smallest absolute Gasteiger partial charge is 0.339 e.